The third-order valence-corrected chi connectivity index (χ3v) is 17.9. The van der Waals surface area contributed by atoms with E-state index in [1.165, 1.54) is 263 Å². The maximum Gasteiger partial charge on any atom is 0.306 e. The molecule has 0 aliphatic carbocycles. The molecule has 1 aliphatic heterocycles. The highest BCUT2D eigenvalue weighted by atomic mass is 16.7. The van der Waals surface area contributed by atoms with Crippen LogP contribution in [0.3, 0.4) is 0 Å². The lowest BCUT2D eigenvalue weighted by Gasteiger charge is -2.41. The Hall–Kier alpha value is -1.86. The average molecular weight is 1200 g/mol. The number of carbonyl (C=O) groups is 2. The van der Waals surface area contributed by atoms with Crippen LogP contribution in [-0.4, -0.2) is 99.6 Å². The van der Waals surface area contributed by atoms with Crippen molar-refractivity contribution in [2.24, 2.45) is 0 Å². The van der Waals surface area contributed by atoms with E-state index in [1.54, 1.807) is 6.08 Å². The second kappa shape index (κ2) is 62.3. The zero-order valence-electron chi connectivity index (χ0n) is 56.0. The number of unbranched alkanes of at least 4 members (excludes halogenated alkanes) is 49. The zero-order valence-corrected chi connectivity index (χ0v) is 56.0. The minimum atomic E-state index is -1.61. The summed E-state index contributed by atoms with van der Waals surface area (Å²) in [4.78, 5) is 26.7. The number of nitrogens with one attached hydrogen (secondary N) is 1. The molecule has 0 spiro atoms. The SMILES string of the molecule is CCCCCCCC/C=C/CCCCCCCCCCC(O)C(=O)NC(COC1OC(CO)C(O)C(O)C1OC(=O)CCCCCCCCCCCCCCCCCCCCCCCCCCCCC)C(O)/C=C/CCCCCCCCCCC. The summed E-state index contributed by atoms with van der Waals surface area (Å²) in [5.41, 5.74) is 0. The standard InChI is InChI=1S/C74H141NO10/c1-4-7-10-13-16-19-22-24-26-28-30-31-32-33-34-35-36-37-38-40-42-44-47-50-53-56-59-62-69(79)85-72-71(81)70(80)68(63-76)84-74(72)83-64-65(66(77)60-57-54-51-48-45-21-18-15-12-9-6-3)75-73(82)67(78)61-58-55-52-49-46-43-41-39-29-27-25-23-20-17-14-11-8-5-2/h25,27,57,60,65-68,70-72,74,76-78,80-81H,4-24,26,28-56,58-59,61-64H2,1-3H3,(H,75,82)/b27-25+,60-57+. The van der Waals surface area contributed by atoms with Crippen molar-refractivity contribution >= 4 is 11.9 Å². The molecule has 1 heterocycles. The van der Waals surface area contributed by atoms with Crippen molar-refractivity contribution in [1.82, 2.24) is 5.32 Å². The number of amides is 1. The lowest BCUT2D eigenvalue weighted by Crippen LogP contribution is -2.61. The summed E-state index contributed by atoms with van der Waals surface area (Å²) < 4.78 is 17.7. The Morgan fingerprint density at radius 1 is 0.447 bits per heavy atom. The first-order valence-corrected chi connectivity index (χ1v) is 37.1. The molecule has 6 N–H and O–H groups in total. The fraction of sp³-hybridized carbons (Fsp3) is 0.919. The Morgan fingerprint density at radius 3 is 1.14 bits per heavy atom. The predicted octanol–water partition coefficient (Wildman–Crippen LogP) is 19.2. The van der Waals surface area contributed by atoms with Gasteiger partial charge in [-0.05, 0) is 51.4 Å². The van der Waals surface area contributed by atoms with Gasteiger partial charge in [0, 0.05) is 6.42 Å². The molecule has 11 nitrogen and oxygen atoms in total. The normalized spacial score (nSPS) is 18.4. The van der Waals surface area contributed by atoms with Crippen LogP contribution in [0, 0.1) is 0 Å². The number of esters is 1. The Morgan fingerprint density at radius 2 is 0.776 bits per heavy atom. The Bertz CT molecular complexity index is 1480. The van der Waals surface area contributed by atoms with Gasteiger partial charge in [-0.1, -0.05) is 340 Å². The number of aliphatic hydroxyl groups is 5. The third-order valence-electron chi connectivity index (χ3n) is 17.9. The lowest BCUT2D eigenvalue weighted by molar-refractivity contribution is -0.305. The van der Waals surface area contributed by atoms with Crippen molar-refractivity contribution in [3.8, 4) is 0 Å². The van der Waals surface area contributed by atoms with Crippen LogP contribution in [0.4, 0.5) is 0 Å². The number of hydrogen-bond donors (Lipinski definition) is 6. The van der Waals surface area contributed by atoms with Crippen molar-refractivity contribution in [3.63, 3.8) is 0 Å². The van der Waals surface area contributed by atoms with Crippen molar-refractivity contribution in [2.45, 2.75) is 423 Å². The predicted molar refractivity (Wildman–Crippen MR) is 357 cm³/mol. The number of ether oxygens (including phenoxy) is 3. The number of carbonyl (C=O) groups excluding carboxylic acids is 2. The summed E-state index contributed by atoms with van der Waals surface area (Å²) in [6.45, 7) is 5.84. The van der Waals surface area contributed by atoms with E-state index in [1.807, 2.05) is 6.08 Å². The van der Waals surface area contributed by atoms with E-state index in [9.17, 15) is 35.1 Å². The van der Waals surface area contributed by atoms with Crippen LogP contribution in [0.15, 0.2) is 24.3 Å². The lowest BCUT2D eigenvalue weighted by atomic mass is 9.99. The quantitative estimate of drug-likeness (QED) is 0.0195. The number of allylic oxidation sites excluding steroid dienone is 3. The second-order valence-corrected chi connectivity index (χ2v) is 26.0. The van der Waals surface area contributed by atoms with Gasteiger partial charge in [0.15, 0.2) is 12.4 Å². The molecule has 0 bridgehead atoms. The topological polar surface area (TPSA) is 175 Å². The molecular formula is C74H141NO10. The summed E-state index contributed by atoms with van der Waals surface area (Å²) in [6.07, 6.45) is 65.3. The molecule has 11 heteroatoms. The first kappa shape index (κ1) is 81.2. The van der Waals surface area contributed by atoms with Gasteiger partial charge in [-0.15, -0.1) is 0 Å². The molecule has 85 heavy (non-hydrogen) atoms. The van der Waals surface area contributed by atoms with E-state index in [4.69, 9.17) is 14.2 Å². The highest BCUT2D eigenvalue weighted by molar-refractivity contribution is 5.80. The second-order valence-electron chi connectivity index (χ2n) is 26.0. The summed E-state index contributed by atoms with van der Waals surface area (Å²) in [7, 11) is 0. The van der Waals surface area contributed by atoms with E-state index >= 15 is 0 Å². The minimum absolute atomic E-state index is 0.130. The Kier molecular flexibility index (Phi) is 59.5. The first-order valence-electron chi connectivity index (χ1n) is 37.1. The fourth-order valence-electron chi connectivity index (χ4n) is 12.0. The van der Waals surface area contributed by atoms with Crippen LogP contribution >= 0.6 is 0 Å². The summed E-state index contributed by atoms with van der Waals surface area (Å²) in [5.74, 6) is -1.18. The first-order chi connectivity index (χ1) is 41.7. The molecule has 1 fully saturated rings. The summed E-state index contributed by atoms with van der Waals surface area (Å²) in [5, 5.41) is 57.2. The van der Waals surface area contributed by atoms with Crippen LogP contribution in [0.1, 0.15) is 374 Å². The van der Waals surface area contributed by atoms with Crippen molar-refractivity contribution in [1.29, 1.82) is 0 Å². The molecule has 8 atom stereocenters. The molecule has 502 valence electrons. The van der Waals surface area contributed by atoms with Crippen LogP contribution < -0.4 is 5.32 Å². The Balaban J connectivity index is 2.49. The van der Waals surface area contributed by atoms with Gasteiger partial charge >= 0.3 is 5.97 Å². The smallest absolute Gasteiger partial charge is 0.306 e. The van der Waals surface area contributed by atoms with Crippen molar-refractivity contribution in [3.05, 3.63) is 24.3 Å². The number of hydrogen-bond acceptors (Lipinski definition) is 10. The fourth-order valence-corrected chi connectivity index (χ4v) is 12.0. The van der Waals surface area contributed by atoms with E-state index in [0.717, 1.165) is 64.2 Å². The summed E-state index contributed by atoms with van der Waals surface area (Å²) >= 11 is 0. The molecule has 0 radical (unpaired) electrons. The largest absolute Gasteiger partial charge is 0.454 e. The van der Waals surface area contributed by atoms with Gasteiger partial charge in [0.1, 0.15) is 24.4 Å². The molecule has 1 rings (SSSR count). The molecular weight excluding hydrogens is 1060 g/mol. The molecule has 8 unspecified atom stereocenters. The highest BCUT2D eigenvalue weighted by Gasteiger charge is 2.47. The van der Waals surface area contributed by atoms with Gasteiger partial charge in [-0.25, -0.2) is 0 Å². The average Bonchev–Trinajstić information content (AvgIpc) is 3.51. The van der Waals surface area contributed by atoms with Crippen molar-refractivity contribution in [2.75, 3.05) is 13.2 Å². The van der Waals surface area contributed by atoms with E-state index in [-0.39, 0.29) is 13.0 Å². The summed E-state index contributed by atoms with van der Waals surface area (Å²) in [6, 6.07) is -1.02. The van der Waals surface area contributed by atoms with Crippen LogP contribution in [-0.2, 0) is 23.8 Å². The van der Waals surface area contributed by atoms with Gasteiger partial charge in [-0.3, -0.25) is 9.59 Å². The van der Waals surface area contributed by atoms with E-state index in [2.05, 4.69) is 38.2 Å². The maximum absolute atomic E-state index is 13.5. The molecule has 0 aromatic carbocycles. The number of aliphatic hydroxyl groups excluding tert-OH is 5. The van der Waals surface area contributed by atoms with Gasteiger partial charge in [0.25, 0.3) is 0 Å². The molecule has 0 saturated carbocycles. The minimum Gasteiger partial charge on any atom is -0.454 e. The number of rotatable bonds is 65. The van der Waals surface area contributed by atoms with Gasteiger partial charge < -0.3 is 45.1 Å². The van der Waals surface area contributed by atoms with E-state index in [0.29, 0.717) is 19.3 Å². The molecule has 1 amide bonds. The molecule has 0 aromatic heterocycles. The molecule has 1 saturated heterocycles. The monoisotopic (exact) mass is 1200 g/mol. The highest BCUT2D eigenvalue weighted by Crippen LogP contribution is 2.27. The van der Waals surface area contributed by atoms with Crippen molar-refractivity contribution < 1.29 is 49.3 Å². The van der Waals surface area contributed by atoms with Crippen LogP contribution in [0.2, 0.25) is 0 Å². The Labute approximate surface area is 524 Å². The van der Waals surface area contributed by atoms with Gasteiger partial charge in [0.2, 0.25) is 5.91 Å². The van der Waals surface area contributed by atoms with Crippen LogP contribution in [0.25, 0.3) is 0 Å². The van der Waals surface area contributed by atoms with E-state index < -0.39 is 67.4 Å². The maximum atomic E-state index is 13.5. The molecule has 1 aliphatic rings. The van der Waals surface area contributed by atoms with Gasteiger partial charge in [0.05, 0.1) is 25.4 Å². The van der Waals surface area contributed by atoms with Crippen LogP contribution in [0.5, 0.6) is 0 Å². The third kappa shape index (κ3) is 49.6. The van der Waals surface area contributed by atoms with Gasteiger partial charge in [-0.2, -0.15) is 0 Å². The molecule has 0 aromatic rings. The zero-order chi connectivity index (χ0) is 61.7.